The molecule has 0 fully saturated rings. The molecule has 0 saturated heterocycles. The number of thiophene rings is 2. The number of pyridine rings is 6. The fourth-order valence-corrected chi connectivity index (χ4v) is 9.15. The summed E-state index contributed by atoms with van der Waals surface area (Å²) in [5, 5.41) is 11.0. The Morgan fingerprint density at radius 1 is 0.500 bits per heavy atom. The van der Waals surface area contributed by atoms with Gasteiger partial charge in [-0.2, -0.15) is 36.3 Å². The van der Waals surface area contributed by atoms with Crippen molar-refractivity contribution in [2.24, 2.45) is 0 Å². The first-order chi connectivity index (χ1) is 40.1. The Hall–Kier alpha value is -9.65. The molecule has 0 amide bonds. The first-order valence-electron chi connectivity index (χ1n) is 23.6. The van der Waals surface area contributed by atoms with E-state index >= 15 is 0 Å². The molecule has 84 heavy (non-hydrogen) atoms. The summed E-state index contributed by atoms with van der Waals surface area (Å²) < 4.78 is 83.3. The van der Waals surface area contributed by atoms with Crippen molar-refractivity contribution in [2.75, 3.05) is 16.0 Å². The minimum atomic E-state index is -4.69. The molecule has 426 valence electrons. The van der Waals surface area contributed by atoms with Gasteiger partial charge < -0.3 is 25.0 Å². The zero-order chi connectivity index (χ0) is 58.2. The van der Waals surface area contributed by atoms with E-state index in [0.29, 0.717) is 50.1 Å². The van der Waals surface area contributed by atoms with Gasteiger partial charge in [0, 0.05) is 70.9 Å². The molecular formula is C53H39BrClF6N19O2S2. The fourth-order valence-electron chi connectivity index (χ4n) is 6.76. The van der Waals surface area contributed by atoms with Crippen molar-refractivity contribution in [1.29, 1.82) is 0 Å². The lowest BCUT2D eigenvalue weighted by molar-refractivity contribution is -0.160. The number of fused-ring (bicyclic) bond motifs is 3. The Bertz CT molecular complexity index is 4170. The first-order valence-corrected chi connectivity index (χ1v) is 26.7. The Kier molecular flexibility index (Phi) is 20.4. The molecule has 0 aromatic carbocycles. The molecule has 0 aliphatic heterocycles. The molecule has 0 saturated carbocycles. The second-order valence-electron chi connectivity index (χ2n) is 16.1. The summed E-state index contributed by atoms with van der Waals surface area (Å²) in [4.78, 5) is 61.2. The molecule has 13 heterocycles. The van der Waals surface area contributed by atoms with Gasteiger partial charge in [0.05, 0.1) is 68.0 Å². The third kappa shape index (κ3) is 16.7. The van der Waals surface area contributed by atoms with Crippen LogP contribution in [0.15, 0.2) is 180 Å². The summed E-state index contributed by atoms with van der Waals surface area (Å²) in [7, 11) is 0. The SMILES string of the molecule is C.Clc1ccc2ncccc2n1.FC(F)(F)c1nc(-c2ccc(CBr)s2)no1.FC(F)(F)c1nc(-c2ccc(CN(c3cnccn3)c3ccc4ncccc4n3)s2)no1.Nc1cnccn1.c1cnc2ccc(Nc3cnccn3)nc2c1. The Balaban J connectivity index is 0.000000150. The molecule has 0 atom stereocenters. The van der Waals surface area contributed by atoms with Gasteiger partial charge >= 0.3 is 24.1 Å². The maximum absolute atomic E-state index is 12.8. The Labute approximate surface area is 492 Å². The smallest absolute Gasteiger partial charge is 0.382 e. The van der Waals surface area contributed by atoms with E-state index in [1.54, 1.807) is 105 Å². The van der Waals surface area contributed by atoms with Crippen LogP contribution in [0.5, 0.6) is 0 Å². The summed E-state index contributed by atoms with van der Waals surface area (Å²) in [6.45, 7) is 0.353. The third-order valence-corrected chi connectivity index (χ3v) is 13.7. The summed E-state index contributed by atoms with van der Waals surface area (Å²) in [5.41, 5.74) is 10.1. The number of aromatic nitrogens is 16. The number of nitrogens with zero attached hydrogens (tertiary/aromatic N) is 17. The predicted octanol–water partition coefficient (Wildman–Crippen LogP) is 13.7. The summed E-state index contributed by atoms with van der Waals surface area (Å²) in [5.74, 6) is 0.196. The van der Waals surface area contributed by atoms with Gasteiger partial charge in [-0.25, -0.2) is 29.9 Å². The van der Waals surface area contributed by atoms with E-state index in [4.69, 9.17) is 17.3 Å². The summed E-state index contributed by atoms with van der Waals surface area (Å²) in [6, 6.07) is 29.1. The van der Waals surface area contributed by atoms with E-state index in [0.717, 1.165) is 48.7 Å². The van der Waals surface area contributed by atoms with Crippen molar-refractivity contribution in [3.63, 3.8) is 0 Å². The van der Waals surface area contributed by atoms with Crippen LogP contribution < -0.4 is 16.0 Å². The number of halogens is 8. The number of nitrogen functional groups attached to an aromatic ring is 1. The highest BCUT2D eigenvalue weighted by Crippen LogP contribution is 2.35. The zero-order valence-electron chi connectivity index (χ0n) is 41.9. The lowest BCUT2D eigenvalue weighted by Crippen LogP contribution is -2.18. The van der Waals surface area contributed by atoms with Gasteiger partial charge in [0.15, 0.2) is 5.82 Å². The predicted molar refractivity (Wildman–Crippen MR) is 308 cm³/mol. The molecule has 0 radical (unpaired) electrons. The monoisotopic (exact) mass is 1270 g/mol. The normalized spacial score (nSPS) is 10.9. The quantitative estimate of drug-likeness (QED) is 0.0772. The molecule has 13 aromatic rings. The number of hydrogen-bond donors (Lipinski definition) is 2. The topological polar surface area (TPSA) is 274 Å². The van der Waals surface area contributed by atoms with Gasteiger partial charge in [0.2, 0.25) is 11.6 Å². The second-order valence-corrected chi connectivity index (χ2v) is 19.4. The van der Waals surface area contributed by atoms with Gasteiger partial charge in [-0.1, -0.05) is 45.3 Å². The van der Waals surface area contributed by atoms with E-state index in [1.807, 2.05) is 65.6 Å². The standard InChI is InChI=1S/C20H12F3N7OS.C12H9N5.C8H4BrF3N2OS.C8H5ClN2.C4H5N3.CH4/c21-20(22,23)19-28-18(29-31-19)15-5-3-12(32-15)11-30(17-10-24-8-9-26-17)16-6-4-13-14(27-16)2-1-7-25-13;1-2-10-9(14-5-1)3-4-11(16-10)17-12-8-13-6-7-15-12;9-3-4-1-2-5(16-4)6-13-7(15-14-6)8(10,11)12;9-8-4-3-6-7(11-8)2-1-5-10-6;5-4-3-6-1-2-7-4;/h1-10H,11H2;1-8H,(H,15,16,17);1-2H,3H2;1-5H;1-3H,(H2,5,7);1H4. The molecule has 31 heteroatoms. The van der Waals surface area contributed by atoms with Crippen molar-refractivity contribution in [3.05, 3.63) is 198 Å². The van der Waals surface area contributed by atoms with Crippen LogP contribution in [0.2, 0.25) is 5.15 Å². The molecule has 0 aliphatic carbocycles. The highest BCUT2D eigenvalue weighted by atomic mass is 79.9. The number of nitrogens with two attached hydrogens (primary N) is 1. The molecule has 13 aromatic heterocycles. The number of rotatable bonds is 9. The van der Waals surface area contributed by atoms with Crippen LogP contribution in [0.25, 0.3) is 54.5 Å². The average molecular weight is 1270 g/mol. The van der Waals surface area contributed by atoms with Crippen molar-refractivity contribution in [2.45, 2.75) is 31.7 Å². The minimum absolute atomic E-state index is 0. The lowest BCUT2D eigenvalue weighted by atomic mass is 10.3. The van der Waals surface area contributed by atoms with Crippen LogP contribution in [-0.2, 0) is 24.2 Å². The first kappa shape index (κ1) is 60.4. The summed E-state index contributed by atoms with van der Waals surface area (Å²) in [6.07, 6.45) is 10.2. The third-order valence-electron chi connectivity index (χ3n) is 10.4. The van der Waals surface area contributed by atoms with Crippen LogP contribution in [0, 0.1) is 0 Å². The maximum atomic E-state index is 12.8. The largest absolute Gasteiger partial charge is 0.471 e. The molecule has 0 spiro atoms. The van der Waals surface area contributed by atoms with Crippen molar-refractivity contribution in [1.82, 2.24) is 80.1 Å². The minimum Gasteiger partial charge on any atom is -0.382 e. The molecule has 0 aliphatic rings. The fraction of sp³-hybridized carbons (Fsp3) is 0.0943. The van der Waals surface area contributed by atoms with Gasteiger partial charge in [-0.15, -0.1) is 22.7 Å². The molecule has 21 nitrogen and oxygen atoms in total. The van der Waals surface area contributed by atoms with Gasteiger partial charge in [-0.05, 0) is 97.1 Å². The Morgan fingerprint density at radius 2 is 1.02 bits per heavy atom. The van der Waals surface area contributed by atoms with Crippen molar-refractivity contribution < 1.29 is 35.4 Å². The molecule has 13 rings (SSSR count). The van der Waals surface area contributed by atoms with Crippen molar-refractivity contribution >= 4 is 112 Å². The molecular weight excluding hydrogens is 1230 g/mol. The van der Waals surface area contributed by atoms with Gasteiger partial charge in [0.1, 0.15) is 28.4 Å². The lowest BCUT2D eigenvalue weighted by Gasteiger charge is -2.22. The van der Waals surface area contributed by atoms with E-state index < -0.39 is 24.1 Å². The number of nitrogens with one attached hydrogen (secondary N) is 1. The molecule has 3 N–H and O–H groups in total. The second kappa shape index (κ2) is 28.4. The highest BCUT2D eigenvalue weighted by molar-refractivity contribution is 9.08. The highest BCUT2D eigenvalue weighted by Gasteiger charge is 2.39. The summed E-state index contributed by atoms with van der Waals surface area (Å²) >= 11 is 11.5. The van der Waals surface area contributed by atoms with Crippen LogP contribution >= 0.6 is 50.2 Å². The van der Waals surface area contributed by atoms with E-state index in [-0.39, 0.29) is 19.1 Å². The Morgan fingerprint density at radius 3 is 1.52 bits per heavy atom. The van der Waals surface area contributed by atoms with E-state index in [2.05, 4.69) is 110 Å². The number of alkyl halides is 7. The molecule has 0 unspecified atom stereocenters. The number of hydrogen-bond acceptors (Lipinski definition) is 23. The van der Waals surface area contributed by atoms with Crippen LogP contribution in [0.4, 0.5) is 55.4 Å². The van der Waals surface area contributed by atoms with E-state index in [9.17, 15) is 26.3 Å². The van der Waals surface area contributed by atoms with E-state index in [1.165, 1.54) is 28.9 Å². The average Bonchev–Trinajstić information content (AvgIpc) is 4.54. The van der Waals surface area contributed by atoms with Crippen LogP contribution in [0.1, 0.15) is 29.0 Å². The van der Waals surface area contributed by atoms with Gasteiger partial charge in [0.25, 0.3) is 0 Å². The molecule has 0 bridgehead atoms. The van der Waals surface area contributed by atoms with Crippen LogP contribution in [-0.4, -0.2) is 80.1 Å². The zero-order valence-corrected chi connectivity index (χ0v) is 45.9. The van der Waals surface area contributed by atoms with Gasteiger partial charge in [-0.3, -0.25) is 29.9 Å². The maximum Gasteiger partial charge on any atom is 0.471 e. The van der Waals surface area contributed by atoms with Crippen molar-refractivity contribution in [3.8, 4) is 21.4 Å². The number of anilines is 5. The van der Waals surface area contributed by atoms with Crippen LogP contribution in [0.3, 0.4) is 0 Å².